The Kier molecular flexibility index (Phi) is 5.92. The first-order chi connectivity index (χ1) is 14.9. The molecule has 2 aromatic carbocycles. The van der Waals surface area contributed by atoms with Crippen molar-refractivity contribution in [3.05, 3.63) is 87.9 Å². The molecule has 0 aliphatic carbocycles. The molecular weight excluding hydrogens is 411 g/mol. The third-order valence-electron chi connectivity index (χ3n) is 5.65. The lowest BCUT2D eigenvalue weighted by Gasteiger charge is -2.43. The first-order valence-electron chi connectivity index (χ1n) is 10.4. The molecule has 0 saturated carbocycles. The highest BCUT2D eigenvalue weighted by Gasteiger charge is 2.45. The summed E-state index contributed by atoms with van der Waals surface area (Å²) in [5.41, 5.74) is 1.46. The van der Waals surface area contributed by atoms with Crippen LogP contribution in [0.25, 0.3) is 0 Å². The predicted molar refractivity (Wildman–Crippen MR) is 122 cm³/mol. The van der Waals surface area contributed by atoms with Crippen LogP contribution in [0.3, 0.4) is 0 Å². The minimum atomic E-state index is -0.629. The Morgan fingerprint density at radius 1 is 1.10 bits per heavy atom. The summed E-state index contributed by atoms with van der Waals surface area (Å²) < 4.78 is 14.5. The summed E-state index contributed by atoms with van der Waals surface area (Å²) in [6.07, 6.45) is 0. The quantitative estimate of drug-likeness (QED) is 0.531. The lowest BCUT2D eigenvalue weighted by atomic mass is 9.80. The van der Waals surface area contributed by atoms with Gasteiger partial charge in [-0.3, -0.25) is 9.59 Å². The standard InChI is InChI=1S/C25H25FN2O2S/c1-16(2)15-28-23(21-13-8-14-31-21)22(17-9-4-5-10-18(17)24(28)29)25(30)27(3)20-12-7-6-11-19(20)26/h4-14,16,22-23H,15H2,1-3H3. The number of rotatable bonds is 5. The fourth-order valence-electron chi connectivity index (χ4n) is 4.28. The Morgan fingerprint density at radius 2 is 1.81 bits per heavy atom. The molecule has 160 valence electrons. The van der Waals surface area contributed by atoms with Crippen LogP contribution in [-0.2, 0) is 4.79 Å². The maximum atomic E-state index is 14.5. The van der Waals surface area contributed by atoms with Crippen molar-refractivity contribution in [3.63, 3.8) is 0 Å². The summed E-state index contributed by atoms with van der Waals surface area (Å²) in [5, 5.41) is 1.95. The second kappa shape index (κ2) is 8.63. The summed E-state index contributed by atoms with van der Waals surface area (Å²) in [6.45, 7) is 4.64. The second-order valence-corrected chi connectivity index (χ2v) is 9.20. The summed E-state index contributed by atoms with van der Waals surface area (Å²) in [4.78, 5) is 31.5. The number of halogens is 1. The summed E-state index contributed by atoms with van der Waals surface area (Å²) >= 11 is 1.53. The minimum Gasteiger partial charge on any atom is -0.329 e. The molecule has 6 heteroatoms. The molecule has 2 unspecified atom stereocenters. The van der Waals surface area contributed by atoms with E-state index >= 15 is 0 Å². The van der Waals surface area contributed by atoms with E-state index in [2.05, 4.69) is 13.8 Å². The van der Waals surface area contributed by atoms with Crippen LogP contribution in [0.4, 0.5) is 10.1 Å². The van der Waals surface area contributed by atoms with E-state index in [1.807, 2.05) is 40.6 Å². The normalized spacial score (nSPS) is 18.2. The minimum absolute atomic E-state index is 0.0692. The molecule has 2 atom stereocenters. The smallest absolute Gasteiger partial charge is 0.254 e. The van der Waals surface area contributed by atoms with Gasteiger partial charge in [-0.25, -0.2) is 4.39 Å². The van der Waals surface area contributed by atoms with E-state index in [4.69, 9.17) is 0 Å². The lowest BCUT2D eigenvalue weighted by molar-refractivity contribution is -0.121. The van der Waals surface area contributed by atoms with Crippen molar-refractivity contribution in [2.45, 2.75) is 25.8 Å². The van der Waals surface area contributed by atoms with E-state index in [0.29, 0.717) is 17.7 Å². The monoisotopic (exact) mass is 436 g/mol. The first kappa shape index (κ1) is 21.2. The molecule has 4 rings (SSSR count). The van der Waals surface area contributed by atoms with E-state index in [9.17, 15) is 14.0 Å². The van der Waals surface area contributed by atoms with Crippen LogP contribution in [0.5, 0.6) is 0 Å². The molecule has 0 fully saturated rings. The van der Waals surface area contributed by atoms with Crippen molar-refractivity contribution < 1.29 is 14.0 Å². The molecule has 2 heterocycles. The molecule has 0 spiro atoms. The number of hydrogen-bond donors (Lipinski definition) is 0. The van der Waals surface area contributed by atoms with Crippen molar-refractivity contribution in [2.75, 3.05) is 18.5 Å². The molecule has 1 aromatic heterocycles. The number of benzene rings is 2. The highest BCUT2D eigenvalue weighted by Crippen LogP contribution is 2.45. The molecule has 1 aliphatic heterocycles. The van der Waals surface area contributed by atoms with Crippen LogP contribution in [0, 0.1) is 11.7 Å². The number of carbonyl (C=O) groups is 2. The topological polar surface area (TPSA) is 40.6 Å². The number of fused-ring (bicyclic) bond motifs is 1. The summed E-state index contributed by atoms with van der Waals surface area (Å²) in [7, 11) is 1.60. The molecule has 1 aliphatic rings. The highest BCUT2D eigenvalue weighted by atomic mass is 32.1. The fourth-order valence-corrected chi connectivity index (χ4v) is 5.15. The zero-order valence-electron chi connectivity index (χ0n) is 17.8. The van der Waals surface area contributed by atoms with Crippen molar-refractivity contribution >= 4 is 28.8 Å². The van der Waals surface area contributed by atoms with Gasteiger partial charge in [-0.2, -0.15) is 0 Å². The molecule has 0 bridgehead atoms. The Labute approximate surface area is 185 Å². The fraction of sp³-hybridized carbons (Fsp3) is 0.280. The number of thiophene rings is 1. The van der Waals surface area contributed by atoms with E-state index in [0.717, 1.165) is 4.88 Å². The second-order valence-electron chi connectivity index (χ2n) is 8.23. The molecular formula is C25H25FN2O2S. The van der Waals surface area contributed by atoms with Gasteiger partial charge in [-0.05, 0) is 41.1 Å². The Balaban J connectivity index is 1.87. The third kappa shape index (κ3) is 3.88. The summed E-state index contributed by atoms with van der Waals surface area (Å²) in [5.74, 6) is -1.16. The maximum absolute atomic E-state index is 14.5. The lowest BCUT2D eigenvalue weighted by Crippen LogP contribution is -2.48. The predicted octanol–water partition coefficient (Wildman–Crippen LogP) is 5.49. The number of anilines is 1. The van der Waals surface area contributed by atoms with E-state index < -0.39 is 17.8 Å². The SMILES string of the molecule is CC(C)CN1C(=O)c2ccccc2C(C(=O)N(C)c2ccccc2F)C1c1cccs1. The number of carbonyl (C=O) groups excluding carboxylic acids is 2. The van der Waals surface area contributed by atoms with Gasteiger partial charge in [0.25, 0.3) is 5.91 Å². The van der Waals surface area contributed by atoms with Gasteiger partial charge in [-0.1, -0.05) is 50.2 Å². The van der Waals surface area contributed by atoms with Gasteiger partial charge in [0.2, 0.25) is 5.91 Å². The van der Waals surface area contributed by atoms with E-state index in [-0.39, 0.29) is 23.4 Å². The van der Waals surface area contributed by atoms with Crippen molar-refractivity contribution in [2.24, 2.45) is 5.92 Å². The third-order valence-corrected chi connectivity index (χ3v) is 6.59. The van der Waals surface area contributed by atoms with Gasteiger partial charge in [0.05, 0.1) is 17.6 Å². The van der Waals surface area contributed by atoms with Crippen LogP contribution in [0.15, 0.2) is 66.0 Å². The maximum Gasteiger partial charge on any atom is 0.254 e. The highest BCUT2D eigenvalue weighted by molar-refractivity contribution is 7.10. The molecule has 31 heavy (non-hydrogen) atoms. The molecule has 4 nitrogen and oxygen atoms in total. The molecule has 2 amide bonds. The van der Waals surface area contributed by atoms with Crippen LogP contribution < -0.4 is 4.90 Å². The number of likely N-dealkylation sites (N-methyl/N-ethyl adjacent to an activating group) is 1. The van der Waals surface area contributed by atoms with Gasteiger partial charge >= 0.3 is 0 Å². The number of nitrogens with zero attached hydrogens (tertiary/aromatic N) is 2. The number of hydrogen-bond acceptors (Lipinski definition) is 3. The Bertz CT molecular complexity index is 1100. The Hall–Kier alpha value is -2.99. The van der Waals surface area contributed by atoms with Gasteiger partial charge in [0, 0.05) is 24.0 Å². The first-order valence-corrected chi connectivity index (χ1v) is 11.2. The van der Waals surface area contributed by atoms with Gasteiger partial charge in [-0.15, -0.1) is 11.3 Å². The van der Waals surface area contributed by atoms with Crippen LogP contribution >= 0.6 is 11.3 Å². The van der Waals surface area contributed by atoms with E-state index in [1.54, 1.807) is 31.3 Å². The molecule has 3 aromatic rings. The number of para-hydroxylation sites is 1. The zero-order chi connectivity index (χ0) is 22.1. The Morgan fingerprint density at radius 3 is 2.48 bits per heavy atom. The molecule has 0 N–H and O–H groups in total. The van der Waals surface area contributed by atoms with Gasteiger partial charge in [0.15, 0.2) is 0 Å². The van der Waals surface area contributed by atoms with Gasteiger partial charge < -0.3 is 9.80 Å². The average Bonchev–Trinajstić information content (AvgIpc) is 3.29. The largest absolute Gasteiger partial charge is 0.329 e. The molecule has 0 saturated heterocycles. The van der Waals surface area contributed by atoms with Crippen molar-refractivity contribution in [3.8, 4) is 0 Å². The van der Waals surface area contributed by atoms with Crippen molar-refractivity contribution in [1.82, 2.24) is 4.90 Å². The van der Waals surface area contributed by atoms with E-state index in [1.165, 1.54) is 22.3 Å². The average molecular weight is 437 g/mol. The van der Waals surface area contributed by atoms with Crippen LogP contribution in [-0.4, -0.2) is 30.3 Å². The zero-order valence-corrected chi connectivity index (χ0v) is 18.6. The van der Waals surface area contributed by atoms with Gasteiger partial charge in [0.1, 0.15) is 5.82 Å². The molecule has 0 radical (unpaired) electrons. The summed E-state index contributed by atoms with van der Waals surface area (Å²) in [6, 6.07) is 17.0. The number of amides is 2. The van der Waals surface area contributed by atoms with Crippen LogP contribution in [0.2, 0.25) is 0 Å². The van der Waals surface area contributed by atoms with Crippen molar-refractivity contribution in [1.29, 1.82) is 0 Å². The van der Waals surface area contributed by atoms with Crippen LogP contribution in [0.1, 0.15) is 46.6 Å².